The molecule has 2 aliphatic rings. The van der Waals surface area contributed by atoms with Gasteiger partial charge in [0.1, 0.15) is 0 Å². The van der Waals surface area contributed by atoms with Crippen LogP contribution in [0.3, 0.4) is 0 Å². The largest absolute Gasteiger partial charge is 0.277 e. The maximum Gasteiger partial charge on any atom is 0.277 e. The Bertz CT molecular complexity index is 262. The summed E-state index contributed by atoms with van der Waals surface area (Å²) in [5.41, 5.74) is 0. The van der Waals surface area contributed by atoms with Gasteiger partial charge in [-0.05, 0) is 25.2 Å². The Kier molecular flexibility index (Phi) is 1.49. The molecular formula is C6H12N2O2S. The van der Waals surface area contributed by atoms with Crippen molar-refractivity contribution >= 4 is 10.2 Å². The van der Waals surface area contributed by atoms with Crippen LogP contribution < -0.4 is 5.14 Å². The van der Waals surface area contributed by atoms with Crippen LogP contribution >= 0.6 is 0 Å². The fraction of sp³-hybridized carbons (Fsp3) is 1.00. The van der Waals surface area contributed by atoms with Gasteiger partial charge in [-0.15, -0.1) is 0 Å². The van der Waals surface area contributed by atoms with Gasteiger partial charge in [0.25, 0.3) is 10.2 Å². The molecule has 2 fully saturated rings. The van der Waals surface area contributed by atoms with Crippen molar-refractivity contribution in [2.75, 3.05) is 6.54 Å². The summed E-state index contributed by atoms with van der Waals surface area (Å²) in [6, 6.07) is 0.249. The predicted molar refractivity (Wildman–Crippen MR) is 40.9 cm³/mol. The molecule has 64 valence electrons. The van der Waals surface area contributed by atoms with E-state index in [4.69, 9.17) is 5.14 Å². The third-order valence-electron chi connectivity index (χ3n) is 2.54. The molecule has 0 aromatic carbocycles. The Hall–Kier alpha value is -0.130. The summed E-state index contributed by atoms with van der Waals surface area (Å²) in [4.78, 5) is 0. The third-order valence-corrected chi connectivity index (χ3v) is 3.64. The van der Waals surface area contributed by atoms with Crippen molar-refractivity contribution in [3.8, 4) is 0 Å². The molecule has 1 heterocycles. The molecule has 11 heavy (non-hydrogen) atoms. The molecule has 5 heteroatoms. The summed E-state index contributed by atoms with van der Waals surface area (Å²) in [7, 11) is -3.40. The zero-order chi connectivity index (χ0) is 8.06. The Morgan fingerprint density at radius 2 is 2.18 bits per heavy atom. The van der Waals surface area contributed by atoms with Crippen LogP contribution in [0.25, 0.3) is 0 Å². The molecule has 0 aromatic rings. The molecule has 1 saturated carbocycles. The number of hydrogen-bond donors (Lipinski definition) is 1. The topological polar surface area (TPSA) is 63.4 Å². The Morgan fingerprint density at radius 1 is 1.45 bits per heavy atom. The quantitative estimate of drug-likeness (QED) is 0.595. The van der Waals surface area contributed by atoms with E-state index in [2.05, 4.69) is 0 Å². The molecule has 1 saturated heterocycles. The van der Waals surface area contributed by atoms with E-state index in [-0.39, 0.29) is 6.04 Å². The smallest absolute Gasteiger partial charge is 0.216 e. The number of fused-ring (bicyclic) bond motifs is 1. The summed E-state index contributed by atoms with van der Waals surface area (Å²) in [6.45, 7) is 0.625. The summed E-state index contributed by atoms with van der Waals surface area (Å²) in [6.07, 6.45) is 3.17. The van der Waals surface area contributed by atoms with Crippen molar-refractivity contribution in [2.24, 2.45) is 11.1 Å². The highest BCUT2D eigenvalue weighted by Crippen LogP contribution is 2.43. The molecule has 0 aromatic heterocycles. The van der Waals surface area contributed by atoms with Gasteiger partial charge in [0.05, 0.1) is 0 Å². The van der Waals surface area contributed by atoms with Gasteiger partial charge in [-0.3, -0.25) is 0 Å². The number of piperidine rings is 1. The van der Waals surface area contributed by atoms with Crippen molar-refractivity contribution in [1.82, 2.24) is 4.31 Å². The van der Waals surface area contributed by atoms with E-state index in [1.54, 1.807) is 0 Å². The second kappa shape index (κ2) is 2.18. The van der Waals surface area contributed by atoms with Crippen LogP contribution in [-0.2, 0) is 10.2 Å². The average molecular weight is 176 g/mol. The Morgan fingerprint density at radius 3 is 2.73 bits per heavy atom. The predicted octanol–water partition coefficient (Wildman–Crippen LogP) is -0.326. The minimum atomic E-state index is -3.40. The van der Waals surface area contributed by atoms with E-state index in [1.165, 1.54) is 10.7 Å². The van der Waals surface area contributed by atoms with Crippen molar-refractivity contribution in [2.45, 2.75) is 25.3 Å². The molecule has 2 rings (SSSR count). The van der Waals surface area contributed by atoms with Gasteiger partial charge >= 0.3 is 0 Å². The Balaban J connectivity index is 2.15. The molecule has 0 bridgehead atoms. The van der Waals surface area contributed by atoms with Gasteiger partial charge in [0.2, 0.25) is 0 Å². The first kappa shape index (κ1) is 7.52. The maximum absolute atomic E-state index is 10.9. The molecule has 0 spiro atoms. The number of hydrogen-bond acceptors (Lipinski definition) is 2. The monoisotopic (exact) mass is 176 g/mol. The van der Waals surface area contributed by atoms with Gasteiger partial charge < -0.3 is 0 Å². The van der Waals surface area contributed by atoms with E-state index in [9.17, 15) is 8.42 Å². The lowest BCUT2D eigenvalue weighted by atomic mass is 10.2. The van der Waals surface area contributed by atoms with Crippen LogP contribution in [0.1, 0.15) is 19.3 Å². The minimum absolute atomic E-state index is 0.249. The SMILES string of the molecule is NS(=O)(=O)N1CCC[C@@H]2C[C@@H]21. The van der Waals surface area contributed by atoms with E-state index in [1.807, 2.05) is 0 Å². The number of rotatable bonds is 1. The van der Waals surface area contributed by atoms with E-state index in [0.29, 0.717) is 12.5 Å². The van der Waals surface area contributed by atoms with Crippen molar-refractivity contribution < 1.29 is 8.42 Å². The highest BCUT2D eigenvalue weighted by molar-refractivity contribution is 7.86. The molecule has 4 nitrogen and oxygen atoms in total. The Labute approximate surface area is 66.5 Å². The molecule has 1 aliphatic carbocycles. The highest BCUT2D eigenvalue weighted by atomic mass is 32.2. The van der Waals surface area contributed by atoms with Gasteiger partial charge in [-0.1, -0.05) is 0 Å². The van der Waals surface area contributed by atoms with Gasteiger partial charge in [-0.25, -0.2) is 5.14 Å². The van der Waals surface area contributed by atoms with Crippen LogP contribution in [0.5, 0.6) is 0 Å². The molecular weight excluding hydrogens is 164 g/mol. The maximum atomic E-state index is 10.9. The fourth-order valence-corrected chi connectivity index (χ4v) is 2.90. The third kappa shape index (κ3) is 1.28. The van der Waals surface area contributed by atoms with Gasteiger partial charge in [-0.2, -0.15) is 12.7 Å². The molecule has 2 atom stereocenters. The van der Waals surface area contributed by atoms with Crippen LogP contribution in [0.15, 0.2) is 0 Å². The molecule has 0 amide bonds. The van der Waals surface area contributed by atoms with Crippen LogP contribution in [0.2, 0.25) is 0 Å². The number of nitrogens with zero attached hydrogens (tertiary/aromatic N) is 1. The van der Waals surface area contributed by atoms with Gasteiger partial charge in [0, 0.05) is 12.6 Å². The lowest BCUT2D eigenvalue weighted by Crippen LogP contribution is -2.41. The highest BCUT2D eigenvalue weighted by Gasteiger charge is 2.47. The zero-order valence-corrected chi connectivity index (χ0v) is 7.05. The first-order valence-electron chi connectivity index (χ1n) is 3.88. The van der Waals surface area contributed by atoms with E-state index < -0.39 is 10.2 Å². The fourth-order valence-electron chi connectivity index (χ4n) is 1.89. The zero-order valence-electron chi connectivity index (χ0n) is 6.23. The molecule has 0 radical (unpaired) electrons. The molecule has 0 unspecified atom stereocenters. The van der Waals surface area contributed by atoms with E-state index in [0.717, 1.165) is 12.8 Å². The average Bonchev–Trinajstić information content (AvgIpc) is 2.60. The second-order valence-corrected chi connectivity index (χ2v) is 4.86. The normalized spacial score (nSPS) is 38.3. The summed E-state index contributed by atoms with van der Waals surface area (Å²) < 4.78 is 23.3. The number of nitrogens with two attached hydrogens (primary N) is 1. The summed E-state index contributed by atoms with van der Waals surface area (Å²) in [5, 5.41) is 5.03. The second-order valence-electron chi connectivity index (χ2n) is 3.36. The molecule has 1 aliphatic heterocycles. The van der Waals surface area contributed by atoms with Crippen LogP contribution in [0.4, 0.5) is 0 Å². The van der Waals surface area contributed by atoms with Crippen molar-refractivity contribution in [3.05, 3.63) is 0 Å². The summed E-state index contributed by atoms with van der Waals surface area (Å²) >= 11 is 0. The minimum Gasteiger partial charge on any atom is -0.216 e. The first-order chi connectivity index (χ1) is 5.09. The first-order valence-corrected chi connectivity index (χ1v) is 5.39. The summed E-state index contributed by atoms with van der Waals surface area (Å²) in [5.74, 6) is 0.613. The lowest BCUT2D eigenvalue weighted by molar-refractivity contribution is 0.335. The lowest BCUT2D eigenvalue weighted by Gasteiger charge is -2.22. The van der Waals surface area contributed by atoms with Crippen LogP contribution in [0, 0.1) is 5.92 Å². The van der Waals surface area contributed by atoms with Crippen molar-refractivity contribution in [1.29, 1.82) is 0 Å². The van der Waals surface area contributed by atoms with Crippen LogP contribution in [-0.4, -0.2) is 25.3 Å². The standard InChI is InChI=1S/C6H12N2O2S/c7-11(9,10)8-3-1-2-5-4-6(5)8/h5-6H,1-4H2,(H2,7,9,10)/t5-,6+/m1/s1. The van der Waals surface area contributed by atoms with E-state index >= 15 is 0 Å². The van der Waals surface area contributed by atoms with Gasteiger partial charge in [0.15, 0.2) is 0 Å². The van der Waals surface area contributed by atoms with Crippen molar-refractivity contribution in [3.63, 3.8) is 0 Å². The molecule has 2 N–H and O–H groups in total.